The lowest BCUT2D eigenvalue weighted by Crippen LogP contribution is -2.14. The predicted octanol–water partition coefficient (Wildman–Crippen LogP) is 4.95. The van der Waals surface area contributed by atoms with Crippen LogP contribution in [0.1, 0.15) is 11.3 Å². The lowest BCUT2D eigenvalue weighted by atomic mass is 10.2. The van der Waals surface area contributed by atoms with E-state index in [9.17, 15) is 4.79 Å². The number of aryl methyl sites for hydroxylation is 1. The Labute approximate surface area is 144 Å². The Kier molecular flexibility index (Phi) is 4.74. The van der Waals surface area contributed by atoms with Crippen LogP contribution in [0, 0.1) is 6.92 Å². The third-order valence-electron chi connectivity index (χ3n) is 3.30. The maximum atomic E-state index is 12.1. The summed E-state index contributed by atoms with van der Waals surface area (Å²) in [5.41, 5.74) is 3.55. The fourth-order valence-electron chi connectivity index (χ4n) is 2.24. The Morgan fingerprint density at radius 2 is 2.04 bits per heavy atom. The van der Waals surface area contributed by atoms with Gasteiger partial charge in [0.15, 0.2) is 0 Å². The van der Waals surface area contributed by atoms with Crippen LogP contribution in [-0.4, -0.2) is 10.9 Å². The average molecular weight is 343 g/mol. The Bertz CT molecular complexity index is 844. The van der Waals surface area contributed by atoms with E-state index >= 15 is 0 Å². The molecule has 0 saturated heterocycles. The van der Waals surface area contributed by atoms with Crippen molar-refractivity contribution < 1.29 is 4.79 Å². The molecular formula is C18H15ClN2OS. The van der Waals surface area contributed by atoms with Gasteiger partial charge in [0, 0.05) is 16.6 Å². The Balaban J connectivity index is 1.69. The van der Waals surface area contributed by atoms with Crippen LogP contribution < -0.4 is 5.32 Å². The summed E-state index contributed by atoms with van der Waals surface area (Å²) in [6, 6.07) is 15.3. The highest BCUT2D eigenvalue weighted by atomic mass is 35.5. The summed E-state index contributed by atoms with van der Waals surface area (Å²) in [4.78, 5) is 16.6. The number of carbonyl (C=O) groups is 1. The summed E-state index contributed by atoms with van der Waals surface area (Å²) in [5, 5.41) is 6.28. The lowest BCUT2D eigenvalue weighted by Gasteiger charge is -2.04. The number of aromatic nitrogens is 1. The van der Waals surface area contributed by atoms with E-state index in [0.29, 0.717) is 5.02 Å². The van der Waals surface area contributed by atoms with Crippen molar-refractivity contribution in [2.45, 2.75) is 13.3 Å². The first kappa shape index (κ1) is 15.7. The van der Waals surface area contributed by atoms with Gasteiger partial charge in [-0.15, -0.1) is 11.3 Å². The molecule has 5 heteroatoms. The largest absolute Gasteiger partial charge is 0.326 e. The van der Waals surface area contributed by atoms with Crippen LogP contribution in [0.2, 0.25) is 5.02 Å². The van der Waals surface area contributed by atoms with Crippen molar-refractivity contribution in [3.8, 4) is 10.6 Å². The van der Waals surface area contributed by atoms with E-state index < -0.39 is 0 Å². The molecule has 1 aromatic heterocycles. The summed E-state index contributed by atoms with van der Waals surface area (Å²) < 4.78 is 0. The minimum absolute atomic E-state index is 0.0772. The highest BCUT2D eigenvalue weighted by Crippen LogP contribution is 2.30. The first-order valence-corrected chi connectivity index (χ1v) is 8.43. The smallest absolute Gasteiger partial charge is 0.230 e. The normalized spacial score (nSPS) is 10.5. The molecule has 0 bridgehead atoms. The Hall–Kier alpha value is -2.17. The molecule has 1 N–H and O–H groups in total. The number of carbonyl (C=O) groups excluding carboxylic acids is 1. The zero-order valence-electron chi connectivity index (χ0n) is 12.5. The minimum atomic E-state index is -0.0772. The van der Waals surface area contributed by atoms with E-state index in [1.54, 1.807) is 0 Å². The standard InChI is InChI=1S/C18H15ClN2OS/c1-12-5-4-6-13(9-12)20-17(22)10-14-11-23-18(21-14)15-7-2-3-8-16(15)19/h2-9,11H,10H2,1H3,(H,20,22). The van der Waals surface area contributed by atoms with E-state index in [1.165, 1.54) is 11.3 Å². The van der Waals surface area contributed by atoms with Crippen LogP contribution in [0.25, 0.3) is 10.6 Å². The molecule has 0 aliphatic heterocycles. The molecule has 1 amide bonds. The maximum Gasteiger partial charge on any atom is 0.230 e. The SMILES string of the molecule is Cc1cccc(NC(=O)Cc2csc(-c3ccccc3Cl)n2)c1. The summed E-state index contributed by atoms with van der Waals surface area (Å²) >= 11 is 7.68. The second kappa shape index (κ2) is 6.94. The lowest BCUT2D eigenvalue weighted by molar-refractivity contribution is -0.115. The molecule has 1 heterocycles. The fraction of sp³-hybridized carbons (Fsp3) is 0.111. The van der Waals surface area contributed by atoms with Crippen molar-refractivity contribution in [1.29, 1.82) is 0 Å². The number of nitrogens with zero attached hydrogens (tertiary/aromatic N) is 1. The number of halogens is 1. The first-order chi connectivity index (χ1) is 11.1. The second-order valence-corrected chi connectivity index (χ2v) is 6.48. The monoisotopic (exact) mass is 342 g/mol. The molecule has 0 saturated carbocycles. The van der Waals surface area contributed by atoms with Gasteiger partial charge in [0.2, 0.25) is 5.91 Å². The van der Waals surface area contributed by atoms with Gasteiger partial charge < -0.3 is 5.32 Å². The number of thiazole rings is 1. The van der Waals surface area contributed by atoms with Crippen molar-refractivity contribution in [2.24, 2.45) is 0 Å². The van der Waals surface area contributed by atoms with Gasteiger partial charge in [-0.25, -0.2) is 4.98 Å². The molecule has 2 aromatic carbocycles. The summed E-state index contributed by atoms with van der Waals surface area (Å²) in [5.74, 6) is -0.0772. The number of hydrogen-bond donors (Lipinski definition) is 1. The van der Waals surface area contributed by atoms with Crippen LogP contribution in [0.3, 0.4) is 0 Å². The van der Waals surface area contributed by atoms with Crippen LogP contribution in [0.5, 0.6) is 0 Å². The van der Waals surface area contributed by atoms with Gasteiger partial charge in [-0.1, -0.05) is 41.9 Å². The number of hydrogen-bond acceptors (Lipinski definition) is 3. The number of nitrogens with one attached hydrogen (secondary N) is 1. The van der Waals surface area contributed by atoms with E-state index in [4.69, 9.17) is 11.6 Å². The average Bonchev–Trinajstić information content (AvgIpc) is 2.95. The predicted molar refractivity (Wildman–Crippen MR) is 96.1 cm³/mol. The van der Waals surface area contributed by atoms with Crippen LogP contribution in [-0.2, 0) is 11.2 Å². The third kappa shape index (κ3) is 3.97. The molecule has 0 unspecified atom stereocenters. The van der Waals surface area contributed by atoms with Gasteiger partial charge >= 0.3 is 0 Å². The summed E-state index contributed by atoms with van der Waals surface area (Å²) in [6.07, 6.45) is 0.245. The number of anilines is 1. The van der Waals surface area contributed by atoms with Crippen molar-refractivity contribution in [3.05, 3.63) is 70.2 Å². The Morgan fingerprint density at radius 1 is 1.22 bits per heavy atom. The Morgan fingerprint density at radius 3 is 2.83 bits per heavy atom. The summed E-state index contributed by atoms with van der Waals surface area (Å²) in [6.45, 7) is 1.99. The molecule has 0 aliphatic rings. The van der Waals surface area contributed by atoms with Crippen molar-refractivity contribution in [3.63, 3.8) is 0 Å². The van der Waals surface area contributed by atoms with Crippen LogP contribution >= 0.6 is 22.9 Å². The molecular weight excluding hydrogens is 328 g/mol. The van der Waals surface area contributed by atoms with E-state index in [-0.39, 0.29) is 12.3 Å². The maximum absolute atomic E-state index is 12.1. The number of benzene rings is 2. The van der Waals surface area contributed by atoms with E-state index in [1.807, 2.05) is 60.8 Å². The van der Waals surface area contributed by atoms with Gasteiger partial charge in [-0.3, -0.25) is 4.79 Å². The molecule has 116 valence electrons. The summed E-state index contributed by atoms with van der Waals surface area (Å²) in [7, 11) is 0. The van der Waals surface area contributed by atoms with Gasteiger partial charge in [0.1, 0.15) is 5.01 Å². The zero-order valence-corrected chi connectivity index (χ0v) is 14.1. The second-order valence-electron chi connectivity index (χ2n) is 5.22. The number of rotatable bonds is 4. The van der Waals surface area contributed by atoms with Crippen molar-refractivity contribution >= 4 is 34.5 Å². The van der Waals surface area contributed by atoms with Crippen LogP contribution in [0.4, 0.5) is 5.69 Å². The molecule has 0 radical (unpaired) electrons. The quantitative estimate of drug-likeness (QED) is 0.728. The third-order valence-corrected chi connectivity index (χ3v) is 4.55. The van der Waals surface area contributed by atoms with Gasteiger partial charge in [0.25, 0.3) is 0 Å². The molecule has 3 aromatic rings. The van der Waals surface area contributed by atoms with E-state index in [0.717, 1.165) is 27.5 Å². The van der Waals surface area contributed by atoms with E-state index in [2.05, 4.69) is 10.3 Å². The van der Waals surface area contributed by atoms with Gasteiger partial charge in [-0.05, 0) is 30.7 Å². The van der Waals surface area contributed by atoms with Crippen LogP contribution in [0.15, 0.2) is 53.9 Å². The molecule has 0 fully saturated rings. The van der Waals surface area contributed by atoms with Gasteiger partial charge in [0.05, 0.1) is 17.1 Å². The molecule has 23 heavy (non-hydrogen) atoms. The molecule has 0 aliphatic carbocycles. The van der Waals surface area contributed by atoms with Crippen molar-refractivity contribution in [1.82, 2.24) is 4.98 Å². The topological polar surface area (TPSA) is 42.0 Å². The van der Waals surface area contributed by atoms with Gasteiger partial charge in [-0.2, -0.15) is 0 Å². The van der Waals surface area contributed by atoms with Crippen molar-refractivity contribution in [2.75, 3.05) is 5.32 Å². The molecule has 3 rings (SSSR count). The molecule has 3 nitrogen and oxygen atoms in total. The molecule has 0 spiro atoms. The fourth-order valence-corrected chi connectivity index (χ4v) is 3.38. The zero-order chi connectivity index (χ0) is 16.2. The number of amides is 1. The highest BCUT2D eigenvalue weighted by molar-refractivity contribution is 7.13. The molecule has 0 atom stereocenters. The highest BCUT2D eigenvalue weighted by Gasteiger charge is 2.11. The first-order valence-electron chi connectivity index (χ1n) is 7.17. The minimum Gasteiger partial charge on any atom is -0.326 e.